The summed E-state index contributed by atoms with van der Waals surface area (Å²) in [5, 5.41) is 3.66. The fraction of sp³-hybridized carbons (Fsp3) is 0.190. The number of nitrogens with one attached hydrogen (secondary N) is 2. The molecule has 2 heterocycles. The summed E-state index contributed by atoms with van der Waals surface area (Å²) >= 11 is 1.34. The third-order valence-electron chi connectivity index (χ3n) is 4.49. The van der Waals surface area contributed by atoms with E-state index in [1.54, 1.807) is 14.2 Å². The number of carbonyl (C=O) groups is 1. The number of rotatable bonds is 6. The maximum atomic E-state index is 12.7. The lowest BCUT2D eigenvalue weighted by Crippen LogP contribution is -2.23. The second-order valence-corrected chi connectivity index (χ2v) is 7.39. The van der Waals surface area contributed by atoms with Gasteiger partial charge in [0.05, 0.1) is 37.5 Å². The van der Waals surface area contributed by atoms with Gasteiger partial charge in [0.25, 0.3) is 5.91 Å². The van der Waals surface area contributed by atoms with E-state index >= 15 is 0 Å². The van der Waals surface area contributed by atoms with Crippen LogP contribution in [0.25, 0.3) is 21.6 Å². The molecule has 0 saturated heterocycles. The third kappa shape index (κ3) is 3.79. The van der Waals surface area contributed by atoms with Crippen molar-refractivity contribution in [1.29, 1.82) is 0 Å². The molecule has 0 aliphatic heterocycles. The molecule has 0 atom stereocenters. The fourth-order valence-corrected chi connectivity index (χ4v) is 4.01. The lowest BCUT2D eigenvalue weighted by atomic mass is 10.2. The average molecular weight is 408 g/mol. The zero-order valence-electron chi connectivity index (χ0n) is 16.3. The summed E-state index contributed by atoms with van der Waals surface area (Å²) in [7, 11) is 3.18. The van der Waals surface area contributed by atoms with Gasteiger partial charge in [0.15, 0.2) is 11.5 Å². The van der Waals surface area contributed by atoms with Gasteiger partial charge in [0.1, 0.15) is 15.7 Å². The lowest BCUT2D eigenvalue weighted by Gasteiger charge is -2.08. The van der Waals surface area contributed by atoms with Gasteiger partial charge in [-0.2, -0.15) is 0 Å². The van der Waals surface area contributed by atoms with Crippen LogP contribution < -0.4 is 14.8 Å². The van der Waals surface area contributed by atoms with Gasteiger partial charge >= 0.3 is 0 Å². The highest BCUT2D eigenvalue weighted by molar-refractivity contribution is 7.17. The molecule has 0 aliphatic carbocycles. The Morgan fingerprint density at radius 2 is 1.90 bits per heavy atom. The number of benzene rings is 2. The van der Waals surface area contributed by atoms with Crippen LogP contribution in [0.2, 0.25) is 0 Å². The van der Waals surface area contributed by atoms with Gasteiger partial charge in [0.2, 0.25) is 0 Å². The normalized spacial score (nSPS) is 10.9. The molecule has 0 spiro atoms. The molecule has 0 fully saturated rings. The van der Waals surface area contributed by atoms with Gasteiger partial charge in [-0.1, -0.05) is 12.1 Å². The largest absolute Gasteiger partial charge is 0.493 e. The zero-order chi connectivity index (χ0) is 20.4. The van der Waals surface area contributed by atoms with Crippen LogP contribution in [0.1, 0.15) is 21.2 Å². The number of aryl methyl sites for hydroxylation is 1. The van der Waals surface area contributed by atoms with Crippen molar-refractivity contribution in [1.82, 2.24) is 20.3 Å². The summed E-state index contributed by atoms with van der Waals surface area (Å²) in [5.74, 6) is 1.80. The maximum Gasteiger partial charge on any atom is 0.263 e. The molecule has 29 heavy (non-hydrogen) atoms. The number of carbonyl (C=O) groups excluding carboxylic acids is 1. The SMILES string of the molecule is COc1ccc(-c2nc(C)c(C(=O)NCc3nc4ccccc4[nH]3)s2)cc1OC. The molecule has 2 aromatic heterocycles. The molecule has 8 heteroatoms. The van der Waals surface area contributed by atoms with E-state index in [2.05, 4.69) is 20.3 Å². The van der Waals surface area contributed by atoms with Crippen LogP contribution in [0.15, 0.2) is 42.5 Å². The first kappa shape index (κ1) is 18.9. The minimum absolute atomic E-state index is 0.174. The van der Waals surface area contributed by atoms with Gasteiger partial charge in [0, 0.05) is 5.56 Å². The Morgan fingerprint density at radius 3 is 2.66 bits per heavy atom. The molecule has 7 nitrogen and oxygen atoms in total. The molecule has 2 N–H and O–H groups in total. The number of aromatic nitrogens is 3. The fourth-order valence-electron chi connectivity index (χ4n) is 3.03. The van der Waals surface area contributed by atoms with Crippen LogP contribution in [0.5, 0.6) is 11.5 Å². The number of hydrogen-bond donors (Lipinski definition) is 2. The molecule has 0 saturated carbocycles. The molecule has 2 aromatic carbocycles. The van der Waals surface area contributed by atoms with Crippen LogP contribution in [0.3, 0.4) is 0 Å². The number of para-hydroxylation sites is 2. The smallest absolute Gasteiger partial charge is 0.263 e. The van der Waals surface area contributed by atoms with Gasteiger partial charge in [-0.05, 0) is 37.3 Å². The minimum atomic E-state index is -0.174. The van der Waals surface area contributed by atoms with Crippen LogP contribution in [-0.4, -0.2) is 35.1 Å². The van der Waals surface area contributed by atoms with Crippen LogP contribution in [0, 0.1) is 6.92 Å². The van der Waals surface area contributed by atoms with Crippen LogP contribution in [0.4, 0.5) is 0 Å². The van der Waals surface area contributed by atoms with Gasteiger partial charge < -0.3 is 19.8 Å². The van der Waals surface area contributed by atoms with Crippen molar-refractivity contribution in [3.8, 4) is 22.1 Å². The van der Waals surface area contributed by atoms with E-state index in [0.717, 1.165) is 21.6 Å². The Kier molecular flexibility index (Phi) is 5.18. The van der Waals surface area contributed by atoms with E-state index in [1.165, 1.54) is 11.3 Å². The molecule has 148 valence electrons. The number of hydrogen-bond acceptors (Lipinski definition) is 6. The van der Waals surface area contributed by atoms with Crippen molar-refractivity contribution in [2.45, 2.75) is 13.5 Å². The number of thiazole rings is 1. The zero-order valence-corrected chi connectivity index (χ0v) is 17.1. The Balaban J connectivity index is 1.52. The number of methoxy groups -OCH3 is 2. The Bertz CT molecular complexity index is 1150. The van der Waals surface area contributed by atoms with Crippen molar-refractivity contribution < 1.29 is 14.3 Å². The van der Waals surface area contributed by atoms with Gasteiger partial charge in [-0.3, -0.25) is 4.79 Å². The number of nitrogens with zero attached hydrogens (tertiary/aromatic N) is 2. The van der Waals surface area contributed by atoms with Crippen LogP contribution >= 0.6 is 11.3 Å². The highest BCUT2D eigenvalue weighted by atomic mass is 32.1. The Hall–Kier alpha value is -3.39. The van der Waals surface area contributed by atoms with E-state index in [1.807, 2.05) is 49.4 Å². The lowest BCUT2D eigenvalue weighted by molar-refractivity contribution is 0.0953. The third-order valence-corrected chi connectivity index (χ3v) is 5.69. The number of fused-ring (bicyclic) bond motifs is 1. The van der Waals surface area contributed by atoms with E-state index in [9.17, 15) is 4.79 Å². The van der Waals surface area contributed by atoms with E-state index in [-0.39, 0.29) is 5.91 Å². The second-order valence-electron chi connectivity index (χ2n) is 6.39. The summed E-state index contributed by atoms with van der Waals surface area (Å²) in [6.45, 7) is 2.15. The standard InChI is InChI=1S/C21H20N4O3S/c1-12-19(20(26)22-11-18-24-14-6-4-5-7-15(14)25-18)29-21(23-12)13-8-9-16(27-2)17(10-13)28-3/h4-10H,11H2,1-3H3,(H,22,26)(H,24,25). The van der Waals surface area contributed by atoms with Gasteiger partial charge in [-0.15, -0.1) is 11.3 Å². The predicted octanol–water partition coefficient (Wildman–Crippen LogP) is 3.94. The Morgan fingerprint density at radius 1 is 1.10 bits per heavy atom. The quantitative estimate of drug-likeness (QED) is 0.504. The highest BCUT2D eigenvalue weighted by Gasteiger charge is 2.17. The molecule has 0 bridgehead atoms. The first-order chi connectivity index (χ1) is 14.1. The van der Waals surface area contributed by atoms with Crippen molar-refractivity contribution in [2.75, 3.05) is 14.2 Å². The topological polar surface area (TPSA) is 89.1 Å². The molecular weight excluding hydrogens is 388 g/mol. The predicted molar refractivity (Wildman–Crippen MR) is 113 cm³/mol. The van der Waals surface area contributed by atoms with Crippen molar-refractivity contribution in [3.05, 3.63) is 58.9 Å². The molecule has 0 unspecified atom stereocenters. The van der Waals surface area contributed by atoms with Crippen molar-refractivity contribution in [2.24, 2.45) is 0 Å². The molecule has 1 amide bonds. The Labute approximate surface area is 171 Å². The number of H-pyrrole nitrogens is 1. The molecular formula is C21H20N4O3S. The summed E-state index contributed by atoms with van der Waals surface area (Å²) in [6.07, 6.45) is 0. The number of amides is 1. The van der Waals surface area contributed by atoms with Gasteiger partial charge in [-0.25, -0.2) is 9.97 Å². The molecule has 0 radical (unpaired) electrons. The summed E-state index contributed by atoms with van der Waals surface area (Å²) < 4.78 is 10.6. The monoisotopic (exact) mass is 408 g/mol. The van der Waals surface area contributed by atoms with Crippen molar-refractivity contribution in [3.63, 3.8) is 0 Å². The highest BCUT2D eigenvalue weighted by Crippen LogP contribution is 2.35. The number of imidazole rings is 1. The van der Waals surface area contributed by atoms with E-state index in [0.29, 0.717) is 34.4 Å². The average Bonchev–Trinajstić information content (AvgIpc) is 3.34. The van der Waals surface area contributed by atoms with E-state index < -0.39 is 0 Å². The second kappa shape index (κ2) is 7.92. The molecule has 0 aliphatic rings. The molecule has 4 aromatic rings. The summed E-state index contributed by atoms with van der Waals surface area (Å²) in [5.41, 5.74) is 3.37. The van der Waals surface area contributed by atoms with Crippen LogP contribution in [-0.2, 0) is 6.54 Å². The summed E-state index contributed by atoms with van der Waals surface area (Å²) in [4.78, 5) is 25.5. The number of ether oxygens (including phenoxy) is 2. The summed E-state index contributed by atoms with van der Waals surface area (Å²) in [6, 6.07) is 13.3. The minimum Gasteiger partial charge on any atom is -0.493 e. The maximum absolute atomic E-state index is 12.7. The van der Waals surface area contributed by atoms with E-state index in [4.69, 9.17) is 9.47 Å². The first-order valence-corrected chi connectivity index (χ1v) is 9.82. The molecule has 4 rings (SSSR count). The number of aromatic amines is 1. The first-order valence-electron chi connectivity index (χ1n) is 9.00. The van der Waals surface area contributed by atoms with Crippen molar-refractivity contribution >= 4 is 28.3 Å².